The molecule has 0 radical (unpaired) electrons. The number of carbonyl (C=O) groups is 1. The normalized spacial score (nSPS) is 24.3. The Balaban J connectivity index is 1.99. The molecule has 0 aromatic carbocycles. The molecule has 1 aromatic rings. The summed E-state index contributed by atoms with van der Waals surface area (Å²) in [7, 11) is 0. The summed E-state index contributed by atoms with van der Waals surface area (Å²) in [4.78, 5) is 14.0. The standard InChI is InChI=1S/C12H18ClN3O2/c1-8-4-15(5-9(2)18-8)12(17)7-16-6-11(13)10(3)14-16/h6,8-9H,4-5,7H2,1-3H3. The van der Waals surface area contributed by atoms with Crippen LogP contribution < -0.4 is 0 Å². The number of carbonyl (C=O) groups excluding carboxylic acids is 1. The molecule has 18 heavy (non-hydrogen) atoms. The van der Waals surface area contributed by atoms with E-state index in [0.29, 0.717) is 18.1 Å². The molecule has 2 atom stereocenters. The Morgan fingerprint density at radius 2 is 2.11 bits per heavy atom. The summed E-state index contributed by atoms with van der Waals surface area (Å²) in [6, 6.07) is 0. The van der Waals surface area contributed by atoms with Gasteiger partial charge in [0.1, 0.15) is 6.54 Å². The SMILES string of the molecule is Cc1nn(CC(=O)N2CC(C)OC(C)C2)cc1Cl. The average molecular weight is 272 g/mol. The van der Waals surface area contributed by atoms with Gasteiger partial charge < -0.3 is 9.64 Å². The van der Waals surface area contributed by atoms with Crippen LogP contribution in [0.2, 0.25) is 5.02 Å². The molecule has 0 saturated carbocycles. The molecule has 0 bridgehead atoms. The largest absolute Gasteiger partial charge is 0.372 e. The summed E-state index contributed by atoms with van der Waals surface area (Å²) in [5.41, 5.74) is 0.744. The first kappa shape index (κ1) is 13.4. The lowest BCUT2D eigenvalue weighted by Crippen LogP contribution is -2.49. The average Bonchev–Trinajstić information content (AvgIpc) is 2.56. The molecule has 6 heteroatoms. The predicted octanol–water partition coefficient (Wildman–Crippen LogP) is 1.48. The quantitative estimate of drug-likeness (QED) is 0.819. The van der Waals surface area contributed by atoms with Gasteiger partial charge in [-0.1, -0.05) is 11.6 Å². The number of morpholine rings is 1. The second-order valence-electron chi connectivity index (χ2n) is 4.82. The minimum absolute atomic E-state index is 0.0520. The van der Waals surface area contributed by atoms with Gasteiger partial charge in [-0.3, -0.25) is 9.48 Å². The first-order chi connectivity index (χ1) is 8.45. The number of rotatable bonds is 2. The van der Waals surface area contributed by atoms with E-state index in [9.17, 15) is 4.79 Å². The van der Waals surface area contributed by atoms with Gasteiger partial charge in [0.2, 0.25) is 5.91 Å². The Labute approximate surface area is 112 Å². The number of amides is 1. The lowest BCUT2D eigenvalue weighted by Gasteiger charge is -2.35. The first-order valence-electron chi connectivity index (χ1n) is 6.08. The van der Waals surface area contributed by atoms with Crippen molar-refractivity contribution < 1.29 is 9.53 Å². The minimum atomic E-state index is 0.0520. The summed E-state index contributed by atoms with van der Waals surface area (Å²) in [6.45, 7) is 7.28. The third-order valence-corrected chi connectivity index (χ3v) is 3.33. The topological polar surface area (TPSA) is 47.4 Å². The van der Waals surface area contributed by atoms with Gasteiger partial charge in [-0.2, -0.15) is 5.10 Å². The van der Waals surface area contributed by atoms with Crippen molar-refractivity contribution in [1.82, 2.24) is 14.7 Å². The first-order valence-corrected chi connectivity index (χ1v) is 6.46. The molecule has 0 spiro atoms. The van der Waals surface area contributed by atoms with E-state index in [2.05, 4.69) is 5.10 Å². The molecule has 0 aliphatic carbocycles. The van der Waals surface area contributed by atoms with Crippen LogP contribution in [0, 0.1) is 6.92 Å². The smallest absolute Gasteiger partial charge is 0.244 e. The van der Waals surface area contributed by atoms with Gasteiger partial charge in [-0.25, -0.2) is 0 Å². The van der Waals surface area contributed by atoms with E-state index < -0.39 is 0 Å². The Morgan fingerprint density at radius 3 is 2.61 bits per heavy atom. The number of halogens is 1. The Bertz CT molecular complexity index is 417. The minimum Gasteiger partial charge on any atom is -0.372 e. The van der Waals surface area contributed by atoms with E-state index in [-0.39, 0.29) is 24.7 Å². The molecular weight excluding hydrogens is 254 g/mol. The van der Waals surface area contributed by atoms with Crippen LogP contribution in [0.4, 0.5) is 0 Å². The third kappa shape index (κ3) is 3.03. The van der Waals surface area contributed by atoms with Crippen molar-refractivity contribution >= 4 is 17.5 Å². The molecule has 1 aliphatic rings. The van der Waals surface area contributed by atoms with Crippen molar-refractivity contribution in [2.45, 2.75) is 39.5 Å². The fourth-order valence-electron chi connectivity index (χ4n) is 2.19. The number of aromatic nitrogens is 2. The second kappa shape index (κ2) is 5.28. The van der Waals surface area contributed by atoms with Crippen LogP contribution in [0.25, 0.3) is 0 Å². The van der Waals surface area contributed by atoms with Crippen molar-refractivity contribution in [2.24, 2.45) is 0 Å². The van der Waals surface area contributed by atoms with Gasteiger partial charge in [0.25, 0.3) is 0 Å². The highest BCUT2D eigenvalue weighted by molar-refractivity contribution is 6.31. The van der Waals surface area contributed by atoms with Gasteiger partial charge in [0.15, 0.2) is 0 Å². The number of aryl methyl sites for hydroxylation is 1. The van der Waals surface area contributed by atoms with Crippen molar-refractivity contribution in [3.05, 3.63) is 16.9 Å². The third-order valence-electron chi connectivity index (χ3n) is 2.96. The van der Waals surface area contributed by atoms with E-state index in [1.54, 1.807) is 10.9 Å². The van der Waals surface area contributed by atoms with E-state index in [1.165, 1.54) is 0 Å². The molecule has 1 aromatic heterocycles. The number of hydrogen-bond acceptors (Lipinski definition) is 3. The van der Waals surface area contributed by atoms with Crippen LogP contribution in [-0.4, -0.2) is 45.9 Å². The lowest BCUT2D eigenvalue weighted by atomic mass is 10.2. The summed E-state index contributed by atoms with van der Waals surface area (Å²) < 4.78 is 7.19. The second-order valence-corrected chi connectivity index (χ2v) is 5.22. The van der Waals surface area contributed by atoms with Crippen LogP contribution in [0.3, 0.4) is 0 Å². The van der Waals surface area contributed by atoms with Gasteiger partial charge in [-0.15, -0.1) is 0 Å². The molecule has 2 heterocycles. The van der Waals surface area contributed by atoms with Gasteiger partial charge in [0, 0.05) is 19.3 Å². The summed E-state index contributed by atoms with van der Waals surface area (Å²) in [5.74, 6) is 0.0520. The highest BCUT2D eigenvalue weighted by Gasteiger charge is 2.26. The summed E-state index contributed by atoms with van der Waals surface area (Å²) in [5, 5.41) is 4.78. The highest BCUT2D eigenvalue weighted by atomic mass is 35.5. The zero-order chi connectivity index (χ0) is 13.3. The van der Waals surface area contributed by atoms with Gasteiger partial charge in [-0.05, 0) is 20.8 Å². The summed E-state index contributed by atoms with van der Waals surface area (Å²) >= 11 is 5.92. The molecule has 100 valence electrons. The fraction of sp³-hybridized carbons (Fsp3) is 0.667. The maximum absolute atomic E-state index is 12.1. The molecule has 1 aliphatic heterocycles. The zero-order valence-corrected chi connectivity index (χ0v) is 11.6. The number of nitrogens with zero attached hydrogens (tertiary/aromatic N) is 3. The fourth-order valence-corrected chi connectivity index (χ4v) is 2.35. The van der Waals surface area contributed by atoms with E-state index >= 15 is 0 Å². The molecule has 2 rings (SSSR count). The monoisotopic (exact) mass is 271 g/mol. The molecule has 2 unspecified atom stereocenters. The predicted molar refractivity (Wildman–Crippen MR) is 68.6 cm³/mol. The Kier molecular flexibility index (Phi) is 3.92. The van der Waals surface area contributed by atoms with Crippen molar-refractivity contribution in [3.8, 4) is 0 Å². The van der Waals surface area contributed by atoms with E-state index in [0.717, 1.165) is 5.69 Å². The van der Waals surface area contributed by atoms with E-state index in [1.807, 2.05) is 25.7 Å². The number of hydrogen-bond donors (Lipinski definition) is 0. The Morgan fingerprint density at radius 1 is 1.50 bits per heavy atom. The maximum Gasteiger partial charge on any atom is 0.244 e. The summed E-state index contributed by atoms with van der Waals surface area (Å²) in [6.07, 6.45) is 1.85. The van der Waals surface area contributed by atoms with Crippen molar-refractivity contribution in [3.63, 3.8) is 0 Å². The van der Waals surface area contributed by atoms with E-state index in [4.69, 9.17) is 16.3 Å². The molecule has 1 fully saturated rings. The lowest BCUT2D eigenvalue weighted by molar-refractivity contribution is -0.144. The van der Waals surface area contributed by atoms with Crippen LogP contribution in [0.15, 0.2) is 6.20 Å². The van der Waals surface area contributed by atoms with Crippen LogP contribution in [0.1, 0.15) is 19.5 Å². The van der Waals surface area contributed by atoms with Gasteiger partial charge in [0.05, 0.1) is 22.9 Å². The van der Waals surface area contributed by atoms with Gasteiger partial charge >= 0.3 is 0 Å². The molecular formula is C12H18ClN3O2. The molecule has 5 nitrogen and oxygen atoms in total. The molecule has 1 saturated heterocycles. The molecule has 0 N–H and O–H groups in total. The highest BCUT2D eigenvalue weighted by Crippen LogP contribution is 2.14. The molecule has 1 amide bonds. The van der Waals surface area contributed by atoms with Crippen LogP contribution in [-0.2, 0) is 16.1 Å². The number of ether oxygens (including phenoxy) is 1. The Hall–Kier alpha value is -1.07. The zero-order valence-electron chi connectivity index (χ0n) is 10.9. The van der Waals surface area contributed by atoms with Crippen LogP contribution in [0.5, 0.6) is 0 Å². The van der Waals surface area contributed by atoms with Crippen molar-refractivity contribution in [2.75, 3.05) is 13.1 Å². The maximum atomic E-state index is 12.1. The van der Waals surface area contributed by atoms with Crippen LogP contribution >= 0.6 is 11.6 Å². The van der Waals surface area contributed by atoms with Crippen molar-refractivity contribution in [1.29, 1.82) is 0 Å².